The molecule has 0 amide bonds. The molecule has 2 aliphatic rings. The van der Waals surface area contributed by atoms with E-state index in [-0.39, 0.29) is 29.2 Å². The van der Waals surface area contributed by atoms with Gasteiger partial charge in [0.2, 0.25) is 11.7 Å². The van der Waals surface area contributed by atoms with Crippen LogP contribution in [-0.2, 0) is 11.9 Å². The van der Waals surface area contributed by atoms with Crippen molar-refractivity contribution in [1.29, 1.82) is 0 Å². The first kappa shape index (κ1) is 15.0. The largest absolute Gasteiger partial charge is 0.493 e. The lowest BCUT2D eigenvalue weighted by molar-refractivity contribution is 0.0859. The van der Waals surface area contributed by atoms with Gasteiger partial charge in [0.1, 0.15) is 5.56 Å². The number of aryl methyl sites for hydroxylation is 1. The van der Waals surface area contributed by atoms with Crippen LogP contribution in [0.3, 0.4) is 0 Å². The average Bonchev–Trinajstić information content (AvgIpc) is 3.20. The number of carbonyl (C=O) groups excluding carboxylic acids is 1. The first-order valence-electron chi connectivity index (χ1n) is 7.58. The van der Waals surface area contributed by atoms with E-state index in [4.69, 9.17) is 14.3 Å². The molecule has 1 aromatic heterocycles. The molecule has 0 saturated carbocycles. The minimum absolute atomic E-state index is 0.110. The Morgan fingerprint density at radius 2 is 2.25 bits per heavy atom. The fourth-order valence-corrected chi connectivity index (χ4v) is 3.20. The van der Waals surface area contributed by atoms with E-state index in [0.717, 1.165) is 0 Å². The predicted molar refractivity (Wildman–Crippen MR) is 82.1 cm³/mol. The molecule has 3 heterocycles. The SMILES string of the molecule is COc1ccc(C(=O)c2cnn(C)c2O)c2c1OCC1CONC21. The number of hydrogen-bond donors (Lipinski definition) is 2. The lowest BCUT2D eigenvalue weighted by atomic mass is 9.86. The molecular formula is C16H17N3O5. The highest BCUT2D eigenvalue weighted by atomic mass is 16.7. The molecular weight excluding hydrogens is 314 g/mol. The lowest BCUT2D eigenvalue weighted by Gasteiger charge is -2.29. The zero-order valence-electron chi connectivity index (χ0n) is 13.3. The number of fused-ring (bicyclic) bond motifs is 3. The second-order valence-electron chi connectivity index (χ2n) is 5.87. The van der Waals surface area contributed by atoms with Gasteiger partial charge >= 0.3 is 0 Å². The summed E-state index contributed by atoms with van der Waals surface area (Å²) in [6.07, 6.45) is 1.36. The molecule has 8 nitrogen and oxygen atoms in total. The average molecular weight is 331 g/mol. The molecule has 0 spiro atoms. The molecule has 2 unspecified atom stereocenters. The maximum atomic E-state index is 13.0. The van der Waals surface area contributed by atoms with Crippen molar-refractivity contribution in [1.82, 2.24) is 15.3 Å². The number of nitrogens with zero attached hydrogens (tertiary/aromatic N) is 2. The molecule has 0 radical (unpaired) electrons. The fourth-order valence-electron chi connectivity index (χ4n) is 3.20. The summed E-state index contributed by atoms with van der Waals surface area (Å²) in [4.78, 5) is 18.3. The molecule has 2 atom stereocenters. The second-order valence-corrected chi connectivity index (χ2v) is 5.87. The van der Waals surface area contributed by atoms with E-state index in [1.165, 1.54) is 10.9 Å². The highest BCUT2D eigenvalue weighted by Crippen LogP contribution is 2.46. The summed E-state index contributed by atoms with van der Waals surface area (Å²) < 4.78 is 12.4. The number of nitrogens with one attached hydrogen (secondary N) is 1. The molecule has 126 valence electrons. The zero-order valence-corrected chi connectivity index (χ0v) is 13.3. The van der Waals surface area contributed by atoms with Gasteiger partial charge in [0, 0.05) is 24.1 Å². The van der Waals surface area contributed by atoms with Gasteiger partial charge in [-0.25, -0.2) is 4.68 Å². The van der Waals surface area contributed by atoms with Gasteiger partial charge in [-0.05, 0) is 12.1 Å². The van der Waals surface area contributed by atoms with Crippen molar-refractivity contribution in [2.45, 2.75) is 6.04 Å². The molecule has 4 rings (SSSR count). The number of benzene rings is 1. The van der Waals surface area contributed by atoms with E-state index in [2.05, 4.69) is 10.6 Å². The molecule has 2 N–H and O–H groups in total. The molecule has 0 aliphatic carbocycles. The predicted octanol–water partition coefficient (Wildman–Crippen LogP) is 0.950. The van der Waals surface area contributed by atoms with Crippen LogP contribution in [0.2, 0.25) is 0 Å². The van der Waals surface area contributed by atoms with Gasteiger partial charge in [-0.15, -0.1) is 0 Å². The summed E-state index contributed by atoms with van der Waals surface area (Å²) in [5.74, 6) is 0.708. The van der Waals surface area contributed by atoms with Crippen LogP contribution in [0.25, 0.3) is 0 Å². The zero-order chi connectivity index (χ0) is 16.8. The third-order valence-corrected chi connectivity index (χ3v) is 4.51. The number of aromatic hydroxyl groups is 1. The van der Waals surface area contributed by atoms with Crippen molar-refractivity contribution >= 4 is 5.78 Å². The number of hydroxylamine groups is 1. The Morgan fingerprint density at radius 3 is 2.96 bits per heavy atom. The van der Waals surface area contributed by atoms with Crippen molar-refractivity contribution < 1.29 is 24.2 Å². The topological polar surface area (TPSA) is 94.8 Å². The highest BCUT2D eigenvalue weighted by Gasteiger charge is 2.40. The maximum absolute atomic E-state index is 13.0. The Balaban J connectivity index is 1.87. The number of hydrogen-bond acceptors (Lipinski definition) is 7. The fraction of sp³-hybridized carbons (Fsp3) is 0.375. The number of rotatable bonds is 3. The highest BCUT2D eigenvalue weighted by molar-refractivity contribution is 6.11. The Morgan fingerprint density at radius 1 is 1.42 bits per heavy atom. The molecule has 0 bridgehead atoms. The third kappa shape index (κ3) is 2.07. The van der Waals surface area contributed by atoms with E-state index < -0.39 is 0 Å². The monoisotopic (exact) mass is 331 g/mol. The van der Waals surface area contributed by atoms with Gasteiger partial charge in [0.25, 0.3) is 0 Å². The molecule has 1 fully saturated rings. The van der Waals surface area contributed by atoms with E-state index in [0.29, 0.717) is 35.8 Å². The third-order valence-electron chi connectivity index (χ3n) is 4.51. The standard InChI is InChI=1S/C16H17N3O5/c1-19-16(21)10(5-17-19)14(20)9-3-4-11(22-2)15-12(9)13-8(6-23-15)7-24-18-13/h3-5,8,13,18,21H,6-7H2,1-2H3. The van der Waals surface area contributed by atoms with E-state index >= 15 is 0 Å². The number of aromatic nitrogens is 2. The van der Waals surface area contributed by atoms with Crippen LogP contribution < -0.4 is 15.0 Å². The first-order chi connectivity index (χ1) is 11.6. The van der Waals surface area contributed by atoms with E-state index in [9.17, 15) is 9.90 Å². The lowest BCUT2D eigenvalue weighted by Crippen LogP contribution is -2.30. The van der Waals surface area contributed by atoms with Crippen LogP contribution in [0.4, 0.5) is 0 Å². The van der Waals surface area contributed by atoms with Gasteiger partial charge < -0.3 is 19.4 Å². The minimum Gasteiger partial charge on any atom is -0.493 e. The Bertz CT molecular complexity index is 816. The van der Waals surface area contributed by atoms with Crippen molar-refractivity contribution in [3.05, 3.63) is 35.0 Å². The van der Waals surface area contributed by atoms with Crippen molar-refractivity contribution in [3.63, 3.8) is 0 Å². The van der Waals surface area contributed by atoms with Crippen LogP contribution >= 0.6 is 0 Å². The number of carbonyl (C=O) groups is 1. The molecule has 8 heteroatoms. The first-order valence-corrected chi connectivity index (χ1v) is 7.58. The summed E-state index contributed by atoms with van der Waals surface area (Å²) in [5.41, 5.74) is 4.23. The summed E-state index contributed by atoms with van der Waals surface area (Å²) in [6, 6.07) is 3.20. The summed E-state index contributed by atoms with van der Waals surface area (Å²) in [7, 11) is 3.12. The number of ketones is 1. The van der Waals surface area contributed by atoms with Gasteiger partial charge in [0.15, 0.2) is 11.5 Å². The van der Waals surface area contributed by atoms with Gasteiger partial charge in [-0.1, -0.05) is 0 Å². The molecule has 24 heavy (non-hydrogen) atoms. The number of methoxy groups -OCH3 is 1. The van der Waals surface area contributed by atoms with E-state index in [1.807, 2.05) is 0 Å². The Kier molecular flexibility index (Phi) is 3.43. The summed E-state index contributed by atoms with van der Waals surface area (Å²) in [5, 5.41) is 14.0. The van der Waals surface area contributed by atoms with Crippen LogP contribution in [0.1, 0.15) is 27.5 Å². The second kappa shape index (κ2) is 5.50. The Labute approximate surface area is 137 Å². The molecule has 1 aromatic carbocycles. The summed E-state index contributed by atoms with van der Waals surface area (Å²) >= 11 is 0. The maximum Gasteiger partial charge on any atom is 0.220 e. The van der Waals surface area contributed by atoms with Gasteiger partial charge in [0.05, 0.1) is 32.6 Å². The van der Waals surface area contributed by atoms with Crippen molar-refractivity contribution in [2.24, 2.45) is 13.0 Å². The molecule has 2 aliphatic heterocycles. The Hall–Kier alpha value is -2.58. The quantitative estimate of drug-likeness (QED) is 0.809. The van der Waals surface area contributed by atoms with Crippen molar-refractivity contribution in [3.8, 4) is 17.4 Å². The normalized spacial score (nSPS) is 21.8. The number of ether oxygens (including phenoxy) is 2. The van der Waals surface area contributed by atoms with Crippen LogP contribution in [0.5, 0.6) is 17.4 Å². The van der Waals surface area contributed by atoms with Crippen LogP contribution in [0, 0.1) is 5.92 Å². The molecule has 2 aromatic rings. The van der Waals surface area contributed by atoms with Gasteiger partial charge in [-0.2, -0.15) is 10.6 Å². The van der Waals surface area contributed by atoms with Crippen molar-refractivity contribution in [2.75, 3.05) is 20.3 Å². The van der Waals surface area contributed by atoms with E-state index in [1.54, 1.807) is 26.3 Å². The van der Waals surface area contributed by atoms with Crippen LogP contribution in [0.15, 0.2) is 18.3 Å². The van der Waals surface area contributed by atoms with Crippen LogP contribution in [-0.4, -0.2) is 41.0 Å². The smallest absolute Gasteiger partial charge is 0.220 e. The minimum atomic E-state index is -0.322. The van der Waals surface area contributed by atoms with Gasteiger partial charge in [-0.3, -0.25) is 4.79 Å². The summed E-state index contributed by atoms with van der Waals surface area (Å²) in [6.45, 7) is 0.990. The molecule has 1 saturated heterocycles.